The van der Waals surface area contributed by atoms with Crippen molar-refractivity contribution in [2.24, 2.45) is 9.98 Å². The number of aliphatic imine (C=N–C) groups is 2. The fourth-order valence-electron chi connectivity index (χ4n) is 3.90. The van der Waals surface area contributed by atoms with Gasteiger partial charge in [0, 0.05) is 47.5 Å². The number of benzene rings is 4. The van der Waals surface area contributed by atoms with Crippen molar-refractivity contribution >= 4 is 11.4 Å². The molecule has 0 radical (unpaired) electrons. The summed E-state index contributed by atoms with van der Waals surface area (Å²) < 4.78 is 0. The summed E-state index contributed by atoms with van der Waals surface area (Å²) in [6.45, 7) is 1.07. The highest BCUT2D eigenvalue weighted by Gasteiger charge is 2.13. The van der Waals surface area contributed by atoms with Gasteiger partial charge in [-0.2, -0.15) is 0 Å². The highest BCUT2D eigenvalue weighted by Crippen LogP contribution is 2.27. The first-order chi connectivity index (χ1) is 17.5. The van der Waals surface area contributed by atoms with Crippen molar-refractivity contribution in [3.63, 3.8) is 0 Å². The maximum absolute atomic E-state index is 10.4. The van der Waals surface area contributed by atoms with Crippen LogP contribution >= 0.6 is 0 Å². The summed E-state index contributed by atoms with van der Waals surface area (Å²) in [6.07, 6.45) is 1.53. The lowest BCUT2D eigenvalue weighted by Gasteiger charge is -2.11. The second kappa shape index (κ2) is 11.7. The van der Waals surface area contributed by atoms with Gasteiger partial charge < -0.3 is 20.4 Å². The zero-order chi connectivity index (χ0) is 25.3. The second-order valence-electron chi connectivity index (χ2n) is 8.30. The largest absolute Gasteiger partial charge is 0.508 e. The molecule has 6 heteroatoms. The molecule has 0 saturated heterocycles. The number of aromatic hydroxyl groups is 4. The van der Waals surface area contributed by atoms with Gasteiger partial charge in [-0.25, -0.2) is 0 Å². The van der Waals surface area contributed by atoms with Crippen molar-refractivity contribution in [1.82, 2.24) is 0 Å². The number of unbranched alkanes of at least 4 members (excludes halogenated alkanes) is 1. The van der Waals surface area contributed by atoms with Crippen molar-refractivity contribution in [2.75, 3.05) is 13.1 Å². The van der Waals surface area contributed by atoms with Crippen LogP contribution in [0.5, 0.6) is 23.0 Å². The quantitative estimate of drug-likeness (QED) is 0.183. The van der Waals surface area contributed by atoms with Gasteiger partial charge in [0.15, 0.2) is 0 Å². The first kappa shape index (κ1) is 24.5. The second-order valence-corrected chi connectivity index (χ2v) is 8.30. The minimum Gasteiger partial charge on any atom is -0.508 e. The SMILES string of the molecule is Oc1ccc(C(=NCCCCN=C(c2ccccc2)c2ccc(O)cc2O)c2ccccc2)c(O)c1. The molecule has 4 aromatic carbocycles. The minimum absolute atomic E-state index is 0.00425. The lowest BCUT2D eigenvalue weighted by molar-refractivity contribution is 0.449. The Morgan fingerprint density at radius 2 is 0.889 bits per heavy atom. The van der Waals surface area contributed by atoms with Gasteiger partial charge in [-0.3, -0.25) is 9.98 Å². The van der Waals surface area contributed by atoms with Gasteiger partial charge in [-0.05, 0) is 37.1 Å². The molecule has 0 bridgehead atoms. The number of hydrogen-bond donors (Lipinski definition) is 4. The van der Waals surface area contributed by atoms with E-state index in [9.17, 15) is 20.4 Å². The molecule has 36 heavy (non-hydrogen) atoms. The summed E-state index contributed by atoms with van der Waals surface area (Å²) in [7, 11) is 0. The van der Waals surface area contributed by atoms with E-state index in [-0.39, 0.29) is 23.0 Å². The Labute approximate surface area is 210 Å². The first-order valence-electron chi connectivity index (χ1n) is 11.8. The third-order valence-corrected chi connectivity index (χ3v) is 5.67. The van der Waals surface area contributed by atoms with Crippen LogP contribution in [0.2, 0.25) is 0 Å². The summed E-state index contributed by atoms with van der Waals surface area (Å²) in [5, 5.41) is 40.1. The van der Waals surface area contributed by atoms with Gasteiger partial charge in [0.05, 0.1) is 11.4 Å². The van der Waals surface area contributed by atoms with Crippen LogP contribution in [0.3, 0.4) is 0 Å². The van der Waals surface area contributed by atoms with E-state index in [2.05, 4.69) is 0 Å². The summed E-state index contributed by atoms with van der Waals surface area (Å²) in [4.78, 5) is 9.54. The van der Waals surface area contributed by atoms with Crippen LogP contribution in [0, 0.1) is 0 Å². The molecule has 4 rings (SSSR count). The minimum atomic E-state index is -0.0246. The lowest BCUT2D eigenvalue weighted by Crippen LogP contribution is -2.06. The first-order valence-corrected chi connectivity index (χ1v) is 11.8. The average molecular weight is 481 g/mol. The Kier molecular flexibility index (Phi) is 7.98. The smallest absolute Gasteiger partial charge is 0.128 e. The van der Waals surface area contributed by atoms with Crippen molar-refractivity contribution in [3.05, 3.63) is 119 Å². The van der Waals surface area contributed by atoms with E-state index >= 15 is 0 Å². The molecule has 0 unspecified atom stereocenters. The average Bonchev–Trinajstić information content (AvgIpc) is 2.88. The standard InChI is InChI=1S/C30H28N2O4/c33-23-13-15-25(27(35)19-23)29(21-9-3-1-4-10-21)31-17-7-8-18-32-30(22-11-5-2-6-12-22)26-16-14-24(34)20-28(26)36/h1-6,9-16,19-20,33-36H,7-8,17-18H2. The van der Waals surface area contributed by atoms with Crippen LogP contribution in [0.4, 0.5) is 0 Å². The number of phenolic OH excluding ortho intramolecular Hbond substituents is 4. The Balaban J connectivity index is 1.49. The molecule has 0 heterocycles. The molecule has 0 aromatic heterocycles. The summed E-state index contributed by atoms with van der Waals surface area (Å²) in [6, 6.07) is 28.3. The normalized spacial score (nSPS) is 12.0. The van der Waals surface area contributed by atoms with E-state index < -0.39 is 0 Å². The number of nitrogens with zero attached hydrogens (tertiary/aromatic N) is 2. The maximum Gasteiger partial charge on any atom is 0.128 e. The molecule has 0 aliphatic rings. The van der Waals surface area contributed by atoms with Gasteiger partial charge in [0.25, 0.3) is 0 Å². The summed E-state index contributed by atoms with van der Waals surface area (Å²) >= 11 is 0. The molecular formula is C30H28N2O4. The fourth-order valence-corrected chi connectivity index (χ4v) is 3.90. The Morgan fingerprint density at radius 3 is 1.25 bits per heavy atom. The Hall–Kier alpha value is -4.58. The number of hydrogen-bond acceptors (Lipinski definition) is 6. The van der Waals surface area contributed by atoms with Gasteiger partial charge in [-0.15, -0.1) is 0 Å². The third kappa shape index (κ3) is 6.10. The van der Waals surface area contributed by atoms with Crippen LogP contribution in [0.15, 0.2) is 107 Å². The number of phenols is 4. The zero-order valence-corrected chi connectivity index (χ0v) is 19.7. The van der Waals surface area contributed by atoms with Gasteiger partial charge in [0.1, 0.15) is 23.0 Å². The lowest BCUT2D eigenvalue weighted by atomic mass is 10.0. The predicted molar refractivity (Wildman–Crippen MR) is 143 cm³/mol. The van der Waals surface area contributed by atoms with E-state index in [4.69, 9.17) is 9.98 Å². The molecule has 182 valence electrons. The molecule has 0 atom stereocenters. The van der Waals surface area contributed by atoms with Crippen LogP contribution in [0.25, 0.3) is 0 Å². The zero-order valence-electron chi connectivity index (χ0n) is 19.7. The molecule has 4 aromatic rings. The molecule has 4 N–H and O–H groups in total. The molecule has 0 aliphatic carbocycles. The predicted octanol–water partition coefficient (Wildman–Crippen LogP) is 5.66. The maximum atomic E-state index is 10.4. The molecule has 0 amide bonds. The van der Waals surface area contributed by atoms with Crippen molar-refractivity contribution in [3.8, 4) is 23.0 Å². The van der Waals surface area contributed by atoms with Crippen LogP contribution in [-0.4, -0.2) is 44.9 Å². The van der Waals surface area contributed by atoms with E-state index in [0.29, 0.717) is 35.6 Å². The Morgan fingerprint density at radius 1 is 0.500 bits per heavy atom. The third-order valence-electron chi connectivity index (χ3n) is 5.67. The topological polar surface area (TPSA) is 106 Å². The van der Waals surface area contributed by atoms with E-state index in [0.717, 1.165) is 24.0 Å². The summed E-state index contributed by atoms with van der Waals surface area (Å²) in [5.74, 6) is -0.0577. The molecular weight excluding hydrogens is 452 g/mol. The molecule has 6 nitrogen and oxygen atoms in total. The monoisotopic (exact) mass is 480 g/mol. The van der Waals surface area contributed by atoms with Crippen LogP contribution in [0.1, 0.15) is 35.1 Å². The number of rotatable bonds is 9. The van der Waals surface area contributed by atoms with E-state index in [1.165, 1.54) is 24.3 Å². The van der Waals surface area contributed by atoms with E-state index in [1.54, 1.807) is 12.1 Å². The molecule has 0 fully saturated rings. The fraction of sp³-hybridized carbons (Fsp3) is 0.133. The van der Waals surface area contributed by atoms with Crippen molar-refractivity contribution in [2.45, 2.75) is 12.8 Å². The highest BCUT2D eigenvalue weighted by molar-refractivity contribution is 6.15. The molecule has 0 saturated carbocycles. The van der Waals surface area contributed by atoms with Crippen LogP contribution < -0.4 is 0 Å². The van der Waals surface area contributed by atoms with Gasteiger partial charge in [-0.1, -0.05) is 60.7 Å². The van der Waals surface area contributed by atoms with Crippen molar-refractivity contribution < 1.29 is 20.4 Å². The van der Waals surface area contributed by atoms with E-state index in [1.807, 2.05) is 60.7 Å². The van der Waals surface area contributed by atoms with Gasteiger partial charge >= 0.3 is 0 Å². The highest BCUT2D eigenvalue weighted by atomic mass is 16.3. The Bertz CT molecular complexity index is 1260. The van der Waals surface area contributed by atoms with Crippen molar-refractivity contribution in [1.29, 1.82) is 0 Å². The van der Waals surface area contributed by atoms with Gasteiger partial charge in [0.2, 0.25) is 0 Å². The summed E-state index contributed by atoms with van der Waals surface area (Å²) in [5.41, 5.74) is 4.21. The molecule has 0 aliphatic heterocycles. The molecule has 0 spiro atoms. The van der Waals surface area contributed by atoms with Crippen LogP contribution in [-0.2, 0) is 0 Å².